The SMILES string of the molecule is Cc1o[nH]c(=S)c1C. The van der Waals surface area contributed by atoms with Gasteiger partial charge < -0.3 is 4.52 Å². The number of aromatic amines is 1. The van der Waals surface area contributed by atoms with Crippen molar-refractivity contribution in [2.75, 3.05) is 0 Å². The summed E-state index contributed by atoms with van der Waals surface area (Å²) in [5.41, 5.74) is 1.03. The van der Waals surface area contributed by atoms with Crippen molar-refractivity contribution in [3.8, 4) is 0 Å². The van der Waals surface area contributed by atoms with E-state index in [0.29, 0.717) is 4.64 Å². The fourth-order valence-corrected chi connectivity index (χ4v) is 0.621. The smallest absolute Gasteiger partial charge is 0.141 e. The number of rotatable bonds is 0. The molecule has 0 aliphatic rings. The summed E-state index contributed by atoms with van der Waals surface area (Å²) in [7, 11) is 0. The maximum atomic E-state index is 4.87. The molecule has 2 nitrogen and oxygen atoms in total. The lowest BCUT2D eigenvalue weighted by Gasteiger charge is -1.76. The van der Waals surface area contributed by atoms with E-state index in [1.807, 2.05) is 13.8 Å². The van der Waals surface area contributed by atoms with Crippen LogP contribution in [-0.4, -0.2) is 5.16 Å². The van der Waals surface area contributed by atoms with Crippen molar-refractivity contribution in [2.24, 2.45) is 0 Å². The second-order valence-corrected chi connectivity index (χ2v) is 2.12. The summed E-state index contributed by atoms with van der Waals surface area (Å²) in [6, 6.07) is 0. The molecule has 1 N–H and O–H groups in total. The largest absolute Gasteiger partial charge is 0.386 e. The Bertz CT molecular complexity index is 235. The molecule has 0 saturated heterocycles. The van der Waals surface area contributed by atoms with Gasteiger partial charge in [-0.1, -0.05) is 12.2 Å². The Kier molecular flexibility index (Phi) is 1.21. The van der Waals surface area contributed by atoms with Crippen LogP contribution in [0.2, 0.25) is 0 Å². The van der Waals surface area contributed by atoms with Crippen LogP contribution in [-0.2, 0) is 0 Å². The van der Waals surface area contributed by atoms with Gasteiger partial charge in [0.15, 0.2) is 0 Å². The molecule has 1 heterocycles. The molecule has 0 fully saturated rings. The number of H-pyrrole nitrogens is 1. The summed E-state index contributed by atoms with van der Waals surface area (Å²) >= 11 is 4.82. The van der Waals surface area contributed by atoms with E-state index in [-0.39, 0.29) is 0 Å². The lowest BCUT2D eigenvalue weighted by atomic mass is 10.3. The van der Waals surface area contributed by atoms with Gasteiger partial charge in [0.2, 0.25) is 0 Å². The summed E-state index contributed by atoms with van der Waals surface area (Å²) in [6.07, 6.45) is 0. The van der Waals surface area contributed by atoms with Crippen molar-refractivity contribution in [1.29, 1.82) is 0 Å². The minimum atomic E-state index is 0.697. The van der Waals surface area contributed by atoms with Crippen LogP contribution in [0.1, 0.15) is 11.3 Å². The molecule has 1 aromatic rings. The quantitative estimate of drug-likeness (QED) is 0.542. The van der Waals surface area contributed by atoms with Crippen molar-refractivity contribution in [3.63, 3.8) is 0 Å². The lowest BCUT2D eigenvalue weighted by molar-refractivity contribution is 0.394. The Hall–Kier alpha value is -0.570. The fourth-order valence-electron chi connectivity index (χ4n) is 0.436. The van der Waals surface area contributed by atoms with E-state index >= 15 is 0 Å². The van der Waals surface area contributed by atoms with Crippen LogP contribution in [0.25, 0.3) is 0 Å². The van der Waals surface area contributed by atoms with Crippen molar-refractivity contribution in [2.45, 2.75) is 13.8 Å². The minimum Gasteiger partial charge on any atom is -0.386 e. The highest BCUT2D eigenvalue weighted by Crippen LogP contribution is 2.04. The molecule has 1 aromatic heterocycles. The average molecular weight is 129 g/mol. The number of hydrogen-bond acceptors (Lipinski definition) is 2. The van der Waals surface area contributed by atoms with Gasteiger partial charge in [-0.3, -0.25) is 0 Å². The Morgan fingerprint density at radius 1 is 1.50 bits per heavy atom. The summed E-state index contributed by atoms with van der Waals surface area (Å²) in [4.78, 5) is 0. The molecule has 0 saturated carbocycles. The second-order valence-electron chi connectivity index (χ2n) is 1.71. The van der Waals surface area contributed by atoms with Gasteiger partial charge in [0.25, 0.3) is 0 Å². The third-order valence-electron chi connectivity index (χ3n) is 1.17. The monoisotopic (exact) mass is 129 g/mol. The normalized spacial score (nSPS) is 9.75. The molecule has 1 rings (SSSR count). The van der Waals surface area contributed by atoms with E-state index in [4.69, 9.17) is 16.7 Å². The predicted molar refractivity (Wildman–Crippen MR) is 33.4 cm³/mol. The number of aromatic nitrogens is 1. The Balaban J connectivity index is 3.41. The maximum absolute atomic E-state index is 4.87. The van der Waals surface area contributed by atoms with Crippen LogP contribution in [0.15, 0.2) is 4.52 Å². The van der Waals surface area contributed by atoms with E-state index in [0.717, 1.165) is 11.3 Å². The number of hydrogen-bond donors (Lipinski definition) is 1. The van der Waals surface area contributed by atoms with Crippen molar-refractivity contribution in [3.05, 3.63) is 16.0 Å². The fraction of sp³-hybridized carbons (Fsp3) is 0.400. The first-order valence-corrected chi connectivity index (χ1v) is 2.77. The Morgan fingerprint density at radius 2 is 2.12 bits per heavy atom. The third kappa shape index (κ3) is 0.690. The molecule has 0 aromatic carbocycles. The maximum Gasteiger partial charge on any atom is 0.141 e. The number of nitrogens with one attached hydrogen (secondary N) is 1. The summed E-state index contributed by atoms with van der Waals surface area (Å²) < 4.78 is 5.56. The van der Waals surface area contributed by atoms with E-state index in [2.05, 4.69) is 5.16 Å². The molecule has 0 bridgehead atoms. The van der Waals surface area contributed by atoms with Crippen molar-refractivity contribution >= 4 is 12.2 Å². The number of aryl methyl sites for hydroxylation is 1. The van der Waals surface area contributed by atoms with Crippen LogP contribution in [0.4, 0.5) is 0 Å². The highest BCUT2D eigenvalue weighted by molar-refractivity contribution is 7.71. The molecule has 0 radical (unpaired) electrons. The van der Waals surface area contributed by atoms with Crippen molar-refractivity contribution in [1.82, 2.24) is 5.16 Å². The van der Waals surface area contributed by atoms with Gasteiger partial charge in [0.05, 0.1) is 0 Å². The van der Waals surface area contributed by atoms with E-state index in [9.17, 15) is 0 Å². The van der Waals surface area contributed by atoms with Gasteiger partial charge in [-0.15, -0.1) is 0 Å². The van der Waals surface area contributed by atoms with E-state index in [1.165, 1.54) is 0 Å². The van der Waals surface area contributed by atoms with Crippen LogP contribution < -0.4 is 0 Å². The molecular formula is C5H7NOS. The van der Waals surface area contributed by atoms with Gasteiger partial charge in [-0.25, -0.2) is 5.16 Å². The molecule has 0 spiro atoms. The van der Waals surface area contributed by atoms with Gasteiger partial charge >= 0.3 is 0 Å². The van der Waals surface area contributed by atoms with E-state index in [1.54, 1.807) is 0 Å². The van der Waals surface area contributed by atoms with Gasteiger partial charge in [0.1, 0.15) is 10.4 Å². The molecule has 3 heteroatoms. The van der Waals surface area contributed by atoms with Crippen molar-refractivity contribution < 1.29 is 4.52 Å². The zero-order chi connectivity index (χ0) is 6.15. The Labute approximate surface area is 52.5 Å². The predicted octanol–water partition coefficient (Wildman–Crippen LogP) is 1.95. The molecular weight excluding hydrogens is 122 g/mol. The first-order chi connectivity index (χ1) is 3.72. The minimum absolute atomic E-state index is 0.697. The third-order valence-corrected chi connectivity index (χ3v) is 1.56. The summed E-state index contributed by atoms with van der Waals surface area (Å²) in [5, 5.41) is 2.58. The molecule has 0 atom stereocenters. The van der Waals surface area contributed by atoms with E-state index < -0.39 is 0 Å². The topological polar surface area (TPSA) is 28.9 Å². The van der Waals surface area contributed by atoms with Crippen LogP contribution >= 0.6 is 12.2 Å². The summed E-state index contributed by atoms with van der Waals surface area (Å²) in [5.74, 6) is 0.870. The molecule has 0 unspecified atom stereocenters. The molecule has 0 aliphatic carbocycles. The second kappa shape index (κ2) is 1.74. The first-order valence-electron chi connectivity index (χ1n) is 2.36. The first kappa shape index (κ1) is 5.56. The van der Waals surface area contributed by atoms with Gasteiger partial charge in [0, 0.05) is 5.56 Å². The average Bonchev–Trinajstić information content (AvgIpc) is 1.98. The van der Waals surface area contributed by atoms with Gasteiger partial charge in [-0.05, 0) is 13.8 Å². The van der Waals surface area contributed by atoms with Crippen LogP contribution in [0, 0.1) is 18.5 Å². The summed E-state index contributed by atoms with van der Waals surface area (Å²) in [6.45, 7) is 3.80. The zero-order valence-corrected chi connectivity index (χ0v) is 5.63. The zero-order valence-electron chi connectivity index (χ0n) is 4.82. The van der Waals surface area contributed by atoms with Gasteiger partial charge in [-0.2, -0.15) is 0 Å². The highest BCUT2D eigenvalue weighted by atomic mass is 32.1. The standard InChI is InChI=1S/C5H7NOS/c1-3-4(2)7-6-5(3)8/h1-2H3,(H,6,8). The highest BCUT2D eigenvalue weighted by Gasteiger charge is 1.95. The van der Waals surface area contributed by atoms with Crippen LogP contribution in [0.3, 0.4) is 0 Å². The molecule has 0 amide bonds. The molecule has 44 valence electrons. The Morgan fingerprint density at radius 3 is 2.25 bits per heavy atom. The molecule has 8 heavy (non-hydrogen) atoms. The van der Waals surface area contributed by atoms with Crippen LogP contribution in [0.5, 0.6) is 0 Å². The lowest BCUT2D eigenvalue weighted by Crippen LogP contribution is -1.66. The molecule has 0 aliphatic heterocycles.